The molecule has 1 aromatic heterocycles. The first-order chi connectivity index (χ1) is 13.4. The maximum atomic E-state index is 12.9. The summed E-state index contributed by atoms with van der Waals surface area (Å²) >= 11 is 1.68. The molecule has 1 N–H and O–H groups in total. The van der Waals surface area contributed by atoms with Crippen molar-refractivity contribution in [3.05, 3.63) is 52.2 Å². The molecule has 0 unspecified atom stereocenters. The lowest BCUT2D eigenvalue weighted by Gasteiger charge is -2.34. The zero-order chi connectivity index (χ0) is 20.1. The number of benzene rings is 1. The van der Waals surface area contributed by atoms with Gasteiger partial charge in [-0.05, 0) is 41.5 Å². The van der Waals surface area contributed by atoms with Crippen LogP contribution in [0.25, 0.3) is 0 Å². The van der Waals surface area contributed by atoms with Gasteiger partial charge in [0.2, 0.25) is 10.0 Å². The van der Waals surface area contributed by atoms with Gasteiger partial charge < -0.3 is 10.2 Å². The third kappa shape index (κ3) is 4.92. The summed E-state index contributed by atoms with van der Waals surface area (Å²) in [4.78, 5) is 15.5. The Labute approximate surface area is 171 Å². The van der Waals surface area contributed by atoms with Crippen molar-refractivity contribution in [2.75, 3.05) is 32.7 Å². The number of carbonyl (C=O) groups excluding carboxylic acids is 1. The van der Waals surface area contributed by atoms with Gasteiger partial charge >= 0.3 is 6.03 Å². The third-order valence-corrected chi connectivity index (χ3v) is 7.79. The van der Waals surface area contributed by atoms with E-state index in [1.165, 1.54) is 9.18 Å². The molecule has 0 spiro atoms. The van der Waals surface area contributed by atoms with Gasteiger partial charge in [0.25, 0.3) is 0 Å². The Bertz CT molecular complexity index is 870. The summed E-state index contributed by atoms with van der Waals surface area (Å²) in [5, 5.41) is 4.94. The largest absolute Gasteiger partial charge is 0.338 e. The van der Waals surface area contributed by atoms with Crippen molar-refractivity contribution in [2.45, 2.75) is 31.1 Å². The molecule has 0 bridgehead atoms. The van der Waals surface area contributed by atoms with Gasteiger partial charge in [0.1, 0.15) is 0 Å². The highest BCUT2D eigenvalue weighted by Gasteiger charge is 2.30. The van der Waals surface area contributed by atoms with Crippen LogP contribution < -0.4 is 5.32 Å². The highest BCUT2D eigenvalue weighted by molar-refractivity contribution is 7.89. The van der Waals surface area contributed by atoms with Gasteiger partial charge in [0, 0.05) is 37.6 Å². The zero-order valence-corrected chi connectivity index (χ0v) is 17.9. The molecule has 0 aliphatic carbocycles. The number of rotatable bonds is 6. The van der Waals surface area contributed by atoms with E-state index in [2.05, 4.69) is 19.2 Å². The molecule has 0 saturated carbocycles. The van der Waals surface area contributed by atoms with Crippen molar-refractivity contribution in [3.63, 3.8) is 0 Å². The molecule has 0 radical (unpaired) electrons. The van der Waals surface area contributed by atoms with Crippen LogP contribution in [0.3, 0.4) is 0 Å². The van der Waals surface area contributed by atoms with Crippen molar-refractivity contribution < 1.29 is 13.2 Å². The molecular weight excluding hydrogens is 394 g/mol. The smallest absolute Gasteiger partial charge is 0.317 e. The molecule has 28 heavy (non-hydrogen) atoms. The van der Waals surface area contributed by atoms with Crippen molar-refractivity contribution in [3.8, 4) is 0 Å². The first-order valence-corrected chi connectivity index (χ1v) is 11.8. The summed E-state index contributed by atoms with van der Waals surface area (Å²) in [6, 6.07) is 11.0. The highest BCUT2D eigenvalue weighted by atomic mass is 32.2. The van der Waals surface area contributed by atoms with E-state index in [4.69, 9.17) is 0 Å². The normalized spacial score (nSPS) is 15.8. The van der Waals surface area contributed by atoms with Gasteiger partial charge in [-0.1, -0.05) is 32.0 Å². The van der Waals surface area contributed by atoms with E-state index in [0.29, 0.717) is 43.5 Å². The molecule has 1 saturated heterocycles. The summed E-state index contributed by atoms with van der Waals surface area (Å²) in [5.74, 6) is 0.360. The first-order valence-electron chi connectivity index (χ1n) is 9.53. The van der Waals surface area contributed by atoms with E-state index in [0.717, 1.165) is 12.0 Å². The fraction of sp³-hybridized carbons (Fsp3) is 0.450. The van der Waals surface area contributed by atoms with E-state index in [9.17, 15) is 13.2 Å². The van der Waals surface area contributed by atoms with Gasteiger partial charge in [0.15, 0.2) is 0 Å². The number of piperazine rings is 1. The molecule has 6 nitrogen and oxygen atoms in total. The average Bonchev–Trinajstić information content (AvgIpc) is 3.21. The minimum Gasteiger partial charge on any atom is -0.338 e. The fourth-order valence-corrected chi connectivity index (χ4v) is 5.30. The molecule has 1 aromatic carbocycles. The molecule has 8 heteroatoms. The summed E-state index contributed by atoms with van der Waals surface area (Å²) in [5.41, 5.74) is 1.11. The van der Waals surface area contributed by atoms with Gasteiger partial charge in [-0.25, -0.2) is 13.2 Å². The Kier molecular flexibility index (Phi) is 6.74. The number of nitrogens with one attached hydrogen (secondary N) is 1. The minimum atomic E-state index is -3.52. The Balaban J connectivity index is 1.51. The summed E-state index contributed by atoms with van der Waals surface area (Å²) in [6.45, 7) is 6.16. The molecule has 152 valence electrons. The second kappa shape index (κ2) is 9.07. The number of sulfonamides is 1. The first kappa shape index (κ1) is 20.8. The lowest BCUT2D eigenvalue weighted by molar-refractivity contribution is 0.172. The molecule has 1 aliphatic heterocycles. The second-order valence-corrected chi connectivity index (χ2v) is 10.1. The topological polar surface area (TPSA) is 69.7 Å². The van der Waals surface area contributed by atoms with Crippen LogP contribution in [0.2, 0.25) is 0 Å². The highest BCUT2D eigenvalue weighted by Crippen LogP contribution is 2.21. The van der Waals surface area contributed by atoms with E-state index < -0.39 is 10.0 Å². The van der Waals surface area contributed by atoms with Crippen LogP contribution in [0.4, 0.5) is 4.79 Å². The second-order valence-electron chi connectivity index (χ2n) is 7.18. The van der Waals surface area contributed by atoms with Gasteiger partial charge in [-0.15, -0.1) is 11.3 Å². The Hall–Kier alpha value is -1.90. The van der Waals surface area contributed by atoms with Crippen molar-refractivity contribution >= 4 is 27.4 Å². The Morgan fingerprint density at radius 1 is 1.11 bits per heavy atom. The Morgan fingerprint density at radius 2 is 1.79 bits per heavy atom. The third-order valence-electron chi connectivity index (χ3n) is 4.94. The van der Waals surface area contributed by atoms with Crippen LogP contribution in [0, 0.1) is 0 Å². The van der Waals surface area contributed by atoms with Crippen molar-refractivity contribution in [2.24, 2.45) is 0 Å². The summed E-state index contributed by atoms with van der Waals surface area (Å²) in [7, 11) is -3.52. The number of hydrogen-bond acceptors (Lipinski definition) is 4. The predicted octanol–water partition coefficient (Wildman–Crippen LogP) is 3.13. The van der Waals surface area contributed by atoms with Crippen molar-refractivity contribution in [1.82, 2.24) is 14.5 Å². The number of nitrogens with zero attached hydrogens (tertiary/aromatic N) is 2. The lowest BCUT2D eigenvalue weighted by Crippen LogP contribution is -2.53. The fourth-order valence-electron chi connectivity index (χ4n) is 3.16. The molecule has 2 amide bonds. The molecule has 2 heterocycles. The monoisotopic (exact) mass is 421 g/mol. The molecular formula is C20H27N3O3S2. The number of thiophene rings is 1. The molecule has 1 fully saturated rings. The van der Waals surface area contributed by atoms with Crippen LogP contribution in [0.15, 0.2) is 46.7 Å². The predicted molar refractivity (Wildman–Crippen MR) is 112 cm³/mol. The van der Waals surface area contributed by atoms with Crippen LogP contribution in [0.1, 0.15) is 30.2 Å². The van der Waals surface area contributed by atoms with Crippen molar-refractivity contribution in [1.29, 1.82) is 0 Å². The SMILES string of the molecule is CC(C)c1ccc(S(=O)(=O)N2CCN(C(=O)NCCc3cccs3)CC2)cc1. The minimum absolute atomic E-state index is 0.130. The summed E-state index contributed by atoms with van der Waals surface area (Å²) < 4.78 is 27.2. The van der Waals surface area contributed by atoms with E-state index in [1.807, 2.05) is 29.6 Å². The maximum Gasteiger partial charge on any atom is 0.317 e. The molecule has 3 rings (SSSR count). The number of urea groups is 1. The lowest BCUT2D eigenvalue weighted by atomic mass is 10.0. The van der Waals surface area contributed by atoms with Crippen LogP contribution >= 0.6 is 11.3 Å². The van der Waals surface area contributed by atoms with Gasteiger partial charge in [0.05, 0.1) is 4.90 Å². The standard InChI is InChI=1S/C20H27N3O3S2/c1-16(2)17-5-7-19(8-6-17)28(25,26)23-13-11-22(12-14-23)20(24)21-10-9-18-4-3-15-27-18/h3-8,15-16H,9-14H2,1-2H3,(H,21,24). The number of amides is 2. The van der Waals surface area contributed by atoms with E-state index >= 15 is 0 Å². The quantitative estimate of drug-likeness (QED) is 0.779. The van der Waals surface area contributed by atoms with Gasteiger partial charge in [-0.3, -0.25) is 0 Å². The average molecular weight is 422 g/mol. The molecule has 0 atom stereocenters. The number of hydrogen-bond donors (Lipinski definition) is 1. The number of carbonyl (C=O) groups is 1. The Morgan fingerprint density at radius 3 is 2.36 bits per heavy atom. The maximum absolute atomic E-state index is 12.9. The van der Waals surface area contributed by atoms with Crippen LogP contribution in [-0.4, -0.2) is 56.4 Å². The molecule has 2 aromatic rings. The zero-order valence-electron chi connectivity index (χ0n) is 16.3. The van der Waals surface area contributed by atoms with Crippen LogP contribution in [0.5, 0.6) is 0 Å². The van der Waals surface area contributed by atoms with E-state index in [1.54, 1.807) is 28.4 Å². The van der Waals surface area contributed by atoms with Gasteiger partial charge in [-0.2, -0.15) is 4.31 Å². The van der Waals surface area contributed by atoms with Crippen LogP contribution in [-0.2, 0) is 16.4 Å². The van der Waals surface area contributed by atoms with E-state index in [-0.39, 0.29) is 6.03 Å². The molecule has 1 aliphatic rings. The summed E-state index contributed by atoms with van der Waals surface area (Å²) in [6.07, 6.45) is 0.810.